The Morgan fingerprint density at radius 1 is 1.00 bits per heavy atom. The van der Waals surface area contributed by atoms with Crippen LogP contribution in [-0.4, -0.2) is 20.4 Å². The van der Waals surface area contributed by atoms with Crippen molar-refractivity contribution in [1.29, 1.82) is 0 Å². The zero-order chi connectivity index (χ0) is 16.4. The molecule has 0 aromatic heterocycles. The Labute approximate surface area is 135 Å². The summed E-state index contributed by atoms with van der Waals surface area (Å²) in [5.74, 6) is -0.164. The zero-order valence-electron chi connectivity index (χ0n) is 12.7. The van der Waals surface area contributed by atoms with Crippen molar-refractivity contribution in [1.82, 2.24) is 5.32 Å². The first-order valence-electron chi connectivity index (χ1n) is 7.44. The number of anilines is 1. The second-order valence-electron chi connectivity index (χ2n) is 5.74. The number of nitrogens with one attached hydrogen (secondary N) is 2. The van der Waals surface area contributed by atoms with Gasteiger partial charge in [0.15, 0.2) is 0 Å². The van der Waals surface area contributed by atoms with Crippen LogP contribution in [0.1, 0.15) is 28.8 Å². The molecule has 2 N–H and O–H groups in total. The van der Waals surface area contributed by atoms with Crippen molar-refractivity contribution in [2.45, 2.75) is 30.7 Å². The van der Waals surface area contributed by atoms with Crippen molar-refractivity contribution in [2.24, 2.45) is 0 Å². The molecular weight excluding hydrogens is 312 g/mol. The van der Waals surface area contributed by atoms with Gasteiger partial charge in [0.1, 0.15) is 0 Å². The Morgan fingerprint density at radius 2 is 1.61 bits per heavy atom. The van der Waals surface area contributed by atoms with Crippen molar-refractivity contribution in [3.8, 4) is 0 Å². The molecule has 23 heavy (non-hydrogen) atoms. The maximum atomic E-state index is 12.3. The second-order valence-corrected chi connectivity index (χ2v) is 7.43. The fraction of sp³-hybridized carbons (Fsp3) is 0.235. The number of aryl methyl sites for hydroxylation is 1. The normalized spacial score (nSPS) is 14.3. The smallest absolute Gasteiger partial charge is 0.261 e. The molecule has 1 fully saturated rings. The molecule has 0 saturated heterocycles. The van der Waals surface area contributed by atoms with Crippen molar-refractivity contribution < 1.29 is 13.2 Å². The maximum absolute atomic E-state index is 12.3. The molecule has 5 nitrogen and oxygen atoms in total. The molecule has 0 radical (unpaired) electrons. The highest BCUT2D eigenvalue weighted by atomic mass is 32.2. The van der Waals surface area contributed by atoms with Gasteiger partial charge in [-0.2, -0.15) is 0 Å². The van der Waals surface area contributed by atoms with E-state index in [1.54, 1.807) is 12.1 Å². The lowest BCUT2D eigenvalue weighted by atomic mass is 10.2. The first-order valence-corrected chi connectivity index (χ1v) is 8.93. The Kier molecular flexibility index (Phi) is 4.09. The molecule has 0 atom stereocenters. The monoisotopic (exact) mass is 330 g/mol. The van der Waals surface area contributed by atoms with E-state index in [4.69, 9.17) is 0 Å². The Bertz CT molecular complexity index is 808. The molecule has 1 aliphatic rings. The lowest BCUT2D eigenvalue weighted by Gasteiger charge is -2.09. The van der Waals surface area contributed by atoms with Crippen molar-refractivity contribution in [3.05, 3.63) is 59.7 Å². The maximum Gasteiger partial charge on any atom is 0.261 e. The summed E-state index contributed by atoms with van der Waals surface area (Å²) in [5, 5.41) is 2.87. The van der Waals surface area contributed by atoms with E-state index in [1.165, 1.54) is 24.3 Å². The molecule has 120 valence electrons. The van der Waals surface area contributed by atoms with Crippen LogP contribution < -0.4 is 10.0 Å². The van der Waals surface area contributed by atoms with Crippen LogP contribution >= 0.6 is 0 Å². The molecule has 2 aromatic rings. The van der Waals surface area contributed by atoms with Crippen LogP contribution in [0, 0.1) is 6.92 Å². The fourth-order valence-corrected chi connectivity index (χ4v) is 3.18. The van der Waals surface area contributed by atoms with Crippen molar-refractivity contribution in [2.75, 3.05) is 4.72 Å². The Balaban J connectivity index is 1.74. The third-order valence-electron chi connectivity index (χ3n) is 3.64. The molecule has 1 saturated carbocycles. The summed E-state index contributed by atoms with van der Waals surface area (Å²) in [5.41, 5.74) is 2.02. The minimum absolute atomic E-state index is 0.126. The molecule has 2 aromatic carbocycles. The van der Waals surface area contributed by atoms with E-state index in [-0.39, 0.29) is 16.8 Å². The number of benzene rings is 2. The minimum atomic E-state index is -3.66. The van der Waals surface area contributed by atoms with Gasteiger partial charge < -0.3 is 5.32 Å². The summed E-state index contributed by atoms with van der Waals surface area (Å²) in [7, 11) is -3.66. The highest BCUT2D eigenvalue weighted by Gasteiger charge is 2.24. The SMILES string of the molecule is Cc1ccc(NS(=O)(=O)c2ccc(C(=O)NC3CC3)cc2)cc1. The number of carbonyl (C=O) groups excluding carboxylic acids is 1. The highest BCUT2D eigenvalue weighted by Crippen LogP contribution is 2.20. The van der Waals surface area contributed by atoms with Crippen molar-refractivity contribution >= 4 is 21.6 Å². The second kappa shape index (κ2) is 6.04. The van der Waals surface area contributed by atoms with E-state index in [9.17, 15) is 13.2 Å². The van der Waals surface area contributed by atoms with Gasteiger partial charge in [0.05, 0.1) is 4.90 Å². The molecule has 6 heteroatoms. The molecular formula is C17H18N2O3S. The van der Waals surface area contributed by atoms with Crippen LogP contribution in [-0.2, 0) is 10.0 Å². The molecule has 0 unspecified atom stereocenters. The van der Waals surface area contributed by atoms with E-state index in [0.717, 1.165) is 18.4 Å². The van der Waals surface area contributed by atoms with Crippen LogP contribution in [0.25, 0.3) is 0 Å². The van der Waals surface area contributed by atoms with E-state index >= 15 is 0 Å². The van der Waals surface area contributed by atoms with Gasteiger partial charge in [0, 0.05) is 17.3 Å². The predicted octanol–water partition coefficient (Wildman–Crippen LogP) is 2.69. The largest absolute Gasteiger partial charge is 0.349 e. The third-order valence-corrected chi connectivity index (χ3v) is 5.04. The molecule has 3 rings (SSSR count). The average molecular weight is 330 g/mol. The van der Waals surface area contributed by atoms with Gasteiger partial charge in [-0.25, -0.2) is 8.42 Å². The average Bonchev–Trinajstić information content (AvgIpc) is 3.33. The summed E-state index contributed by atoms with van der Waals surface area (Å²) < 4.78 is 27.2. The standard InChI is InChI=1S/C17H18N2O3S/c1-12-2-6-15(7-3-12)19-23(21,22)16-10-4-13(5-11-16)17(20)18-14-8-9-14/h2-7,10-11,14,19H,8-9H2,1H3,(H,18,20). The quantitative estimate of drug-likeness (QED) is 0.885. The number of hydrogen-bond donors (Lipinski definition) is 2. The van der Waals surface area contributed by atoms with Crippen LogP contribution in [0.15, 0.2) is 53.4 Å². The van der Waals surface area contributed by atoms with Crippen molar-refractivity contribution in [3.63, 3.8) is 0 Å². The zero-order valence-corrected chi connectivity index (χ0v) is 13.6. The lowest BCUT2D eigenvalue weighted by molar-refractivity contribution is 0.0951. The van der Waals surface area contributed by atoms with Gasteiger partial charge in [-0.15, -0.1) is 0 Å². The highest BCUT2D eigenvalue weighted by molar-refractivity contribution is 7.92. The summed E-state index contributed by atoms with van der Waals surface area (Å²) in [6, 6.07) is 13.3. The number of sulfonamides is 1. The van der Waals surface area contributed by atoms with Gasteiger partial charge in [-0.1, -0.05) is 17.7 Å². The summed E-state index contributed by atoms with van der Waals surface area (Å²) in [6.07, 6.45) is 2.03. The lowest BCUT2D eigenvalue weighted by Crippen LogP contribution is -2.25. The topological polar surface area (TPSA) is 75.3 Å². The Hall–Kier alpha value is -2.34. The number of carbonyl (C=O) groups is 1. The van der Waals surface area contributed by atoms with Crippen LogP contribution in [0.5, 0.6) is 0 Å². The summed E-state index contributed by atoms with van der Waals surface area (Å²) in [4.78, 5) is 12.0. The third kappa shape index (κ3) is 3.90. The molecule has 0 aliphatic heterocycles. The van der Waals surface area contributed by atoms with E-state index in [0.29, 0.717) is 11.3 Å². The number of rotatable bonds is 5. The Morgan fingerprint density at radius 3 is 2.17 bits per heavy atom. The molecule has 0 heterocycles. The first kappa shape index (κ1) is 15.6. The van der Waals surface area contributed by atoms with Gasteiger partial charge >= 0.3 is 0 Å². The molecule has 0 bridgehead atoms. The van der Waals surface area contributed by atoms with Gasteiger partial charge in [0.25, 0.3) is 15.9 Å². The molecule has 1 amide bonds. The van der Waals surface area contributed by atoms with Gasteiger partial charge in [0.2, 0.25) is 0 Å². The fourth-order valence-electron chi connectivity index (χ4n) is 2.12. The molecule has 0 spiro atoms. The van der Waals surface area contributed by atoms with Crippen LogP contribution in [0.2, 0.25) is 0 Å². The van der Waals surface area contributed by atoms with Gasteiger partial charge in [-0.05, 0) is 56.2 Å². The summed E-state index contributed by atoms with van der Waals surface area (Å²) in [6.45, 7) is 1.93. The van der Waals surface area contributed by atoms with Crippen LogP contribution in [0.4, 0.5) is 5.69 Å². The van der Waals surface area contributed by atoms with E-state index < -0.39 is 10.0 Å². The van der Waals surface area contributed by atoms with E-state index in [2.05, 4.69) is 10.0 Å². The first-order chi connectivity index (χ1) is 10.9. The number of hydrogen-bond acceptors (Lipinski definition) is 3. The molecule has 1 aliphatic carbocycles. The minimum Gasteiger partial charge on any atom is -0.349 e. The number of amides is 1. The van der Waals surface area contributed by atoms with Crippen LogP contribution in [0.3, 0.4) is 0 Å². The van der Waals surface area contributed by atoms with Gasteiger partial charge in [-0.3, -0.25) is 9.52 Å². The predicted molar refractivity (Wildman–Crippen MR) is 88.9 cm³/mol. The summed E-state index contributed by atoms with van der Waals surface area (Å²) >= 11 is 0. The van der Waals surface area contributed by atoms with E-state index in [1.807, 2.05) is 19.1 Å².